The number of hydrogen-bond acceptors (Lipinski definition) is 1. The van der Waals surface area contributed by atoms with Crippen LogP contribution in [0.2, 0.25) is 0 Å². The highest BCUT2D eigenvalue weighted by molar-refractivity contribution is 9.09. The van der Waals surface area contributed by atoms with Crippen molar-refractivity contribution < 1.29 is 27.5 Å². The minimum absolute atomic E-state index is 0.270. The minimum atomic E-state index is -4.65. The predicted octanol–water partition coefficient (Wildman–Crippen LogP) is 3.37. The Hall–Kier alpha value is -1.11. The number of carboxylic acids is 1. The van der Waals surface area contributed by atoms with E-state index in [-0.39, 0.29) is 11.6 Å². The maximum Gasteiger partial charge on any atom is 0.416 e. The Bertz CT molecular complexity index is 416. The molecule has 1 rings (SSSR count). The number of rotatable bonds is 2. The maximum atomic E-state index is 13.2. The Balaban J connectivity index is 3.15. The molecule has 1 aromatic rings. The smallest absolute Gasteiger partial charge is 0.416 e. The van der Waals surface area contributed by atoms with Crippen molar-refractivity contribution in [2.75, 3.05) is 0 Å². The number of hydrogen-bond donors (Lipinski definition) is 1. The van der Waals surface area contributed by atoms with Gasteiger partial charge in [0.2, 0.25) is 0 Å². The van der Waals surface area contributed by atoms with Gasteiger partial charge in [-0.15, -0.1) is 0 Å². The topological polar surface area (TPSA) is 37.3 Å². The van der Waals surface area contributed by atoms with Gasteiger partial charge in [0.1, 0.15) is 10.6 Å². The third kappa shape index (κ3) is 2.72. The molecule has 16 heavy (non-hydrogen) atoms. The molecule has 0 aliphatic heterocycles. The van der Waals surface area contributed by atoms with Crippen molar-refractivity contribution in [3.63, 3.8) is 0 Å². The van der Waals surface area contributed by atoms with Gasteiger partial charge < -0.3 is 5.11 Å². The third-order valence-corrected chi connectivity index (χ3v) is 2.70. The van der Waals surface area contributed by atoms with Crippen molar-refractivity contribution in [3.05, 3.63) is 35.1 Å². The van der Waals surface area contributed by atoms with Crippen LogP contribution in [0.3, 0.4) is 0 Å². The van der Waals surface area contributed by atoms with Crippen molar-refractivity contribution in [2.45, 2.75) is 11.0 Å². The van der Waals surface area contributed by atoms with Crippen molar-refractivity contribution in [1.29, 1.82) is 0 Å². The molecule has 0 saturated heterocycles. The van der Waals surface area contributed by atoms with E-state index in [1.807, 2.05) is 0 Å². The summed E-state index contributed by atoms with van der Waals surface area (Å²) in [6.07, 6.45) is -4.65. The number of alkyl halides is 4. The molecule has 0 heterocycles. The molecule has 0 amide bonds. The molecule has 1 aromatic carbocycles. The number of carboxylic acid groups (broad SMARTS) is 1. The van der Waals surface area contributed by atoms with Crippen molar-refractivity contribution in [3.8, 4) is 0 Å². The van der Waals surface area contributed by atoms with E-state index in [2.05, 4.69) is 15.9 Å². The zero-order chi connectivity index (χ0) is 12.5. The lowest BCUT2D eigenvalue weighted by atomic mass is 10.1. The van der Waals surface area contributed by atoms with E-state index in [1.54, 1.807) is 0 Å². The fourth-order valence-electron chi connectivity index (χ4n) is 1.04. The first kappa shape index (κ1) is 13.0. The first-order valence-electron chi connectivity index (χ1n) is 3.97. The van der Waals surface area contributed by atoms with Gasteiger partial charge in [-0.25, -0.2) is 4.39 Å². The van der Waals surface area contributed by atoms with Crippen molar-refractivity contribution in [1.82, 2.24) is 0 Å². The van der Waals surface area contributed by atoms with Gasteiger partial charge in [-0.1, -0.05) is 22.0 Å². The largest absolute Gasteiger partial charge is 0.480 e. The van der Waals surface area contributed by atoms with Crippen LogP contribution in [0.25, 0.3) is 0 Å². The van der Waals surface area contributed by atoms with Gasteiger partial charge in [0.15, 0.2) is 0 Å². The second-order valence-corrected chi connectivity index (χ2v) is 3.85. The molecule has 0 fully saturated rings. The minimum Gasteiger partial charge on any atom is -0.480 e. The standard InChI is InChI=1S/C9H5BrF4O2/c10-7(8(15)16)5-2-1-4(3-6(5)11)9(12,13)14/h1-3,7H,(H,15,16). The average molecular weight is 301 g/mol. The normalized spacial score (nSPS) is 13.6. The van der Waals surface area contributed by atoms with Gasteiger partial charge in [0, 0.05) is 5.56 Å². The van der Waals surface area contributed by atoms with Crippen LogP contribution < -0.4 is 0 Å². The molecule has 1 N–H and O–H groups in total. The van der Waals surface area contributed by atoms with Crippen molar-refractivity contribution in [2.24, 2.45) is 0 Å². The van der Waals surface area contributed by atoms with E-state index in [0.29, 0.717) is 6.07 Å². The molecular weight excluding hydrogens is 296 g/mol. The molecule has 0 bridgehead atoms. The fourth-order valence-corrected chi connectivity index (χ4v) is 1.41. The first-order chi connectivity index (χ1) is 7.23. The molecule has 2 nitrogen and oxygen atoms in total. The number of halogens is 5. The highest BCUT2D eigenvalue weighted by Gasteiger charge is 2.32. The molecule has 0 aliphatic rings. The Morgan fingerprint density at radius 1 is 1.38 bits per heavy atom. The van der Waals surface area contributed by atoms with Gasteiger partial charge in [-0.3, -0.25) is 4.79 Å². The predicted molar refractivity (Wildman–Crippen MR) is 50.7 cm³/mol. The van der Waals surface area contributed by atoms with E-state index >= 15 is 0 Å². The highest BCUT2D eigenvalue weighted by atomic mass is 79.9. The van der Waals surface area contributed by atoms with E-state index in [0.717, 1.165) is 6.07 Å². The molecule has 88 valence electrons. The van der Waals surface area contributed by atoms with E-state index in [9.17, 15) is 22.4 Å². The van der Waals surface area contributed by atoms with Gasteiger partial charge >= 0.3 is 12.1 Å². The Morgan fingerprint density at radius 3 is 2.31 bits per heavy atom. The summed E-state index contributed by atoms with van der Waals surface area (Å²) in [6, 6.07) is 1.70. The number of aliphatic carboxylic acids is 1. The average Bonchev–Trinajstić information content (AvgIpc) is 2.15. The Labute approximate surface area is 96.0 Å². The van der Waals surface area contributed by atoms with Crippen LogP contribution in [0.15, 0.2) is 18.2 Å². The zero-order valence-electron chi connectivity index (χ0n) is 7.55. The molecule has 0 saturated carbocycles. The number of carbonyl (C=O) groups is 1. The van der Waals surface area contributed by atoms with Gasteiger partial charge in [0.25, 0.3) is 0 Å². The monoisotopic (exact) mass is 300 g/mol. The summed E-state index contributed by atoms with van der Waals surface area (Å²) in [6.45, 7) is 0. The van der Waals surface area contributed by atoms with Crippen molar-refractivity contribution >= 4 is 21.9 Å². The van der Waals surface area contributed by atoms with Gasteiger partial charge in [0.05, 0.1) is 5.56 Å². The molecule has 0 aromatic heterocycles. The lowest BCUT2D eigenvalue weighted by Crippen LogP contribution is -2.10. The summed E-state index contributed by atoms with van der Waals surface area (Å²) in [7, 11) is 0. The molecule has 7 heteroatoms. The van der Waals surface area contributed by atoms with Crippen LogP contribution >= 0.6 is 15.9 Å². The number of benzene rings is 1. The highest BCUT2D eigenvalue weighted by Crippen LogP contribution is 2.33. The van der Waals surface area contributed by atoms with Crippen LogP contribution in [-0.4, -0.2) is 11.1 Å². The Kier molecular flexibility index (Phi) is 3.57. The van der Waals surface area contributed by atoms with E-state index in [4.69, 9.17) is 5.11 Å². The lowest BCUT2D eigenvalue weighted by Gasteiger charge is -2.10. The van der Waals surface area contributed by atoms with E-state index < -0.39 is 28.4 Å². The molecule has 0 radical (unpaired) electrons. The van der Waals surface area contributed by atoms with Crippen LogP contribution in [0, 0.1) is 5.82 Å². The van der Waals surface area contributed by atoms with E-state index in [1.165, 1.54) is 0 Å². The Morgan fingerprint density at radius 2 is 1.94 bits per heavy atom. The molecular formula is C9H5BrF4O2. The first-order valence-corrected chi connectivity index (χ1v) is 4.88. The summed E-state index contributed by atoms with van der Waals surface area (Å²) in [5, 5.41) is 8.55. The second kappa shape index (κ2) is 4.40. The van der Waals surface area contributed by atoms with Crippen LogP contribution in [0.1, 0.15) is 16.0 Å². The molecule has 1 atom stereocenters. The zero-order valence-corrected chi connectivity index (χ0v) is 9.14. The second-order valence-electron chi connectivity index (χ2n) is 2.93. The third-order valence-electron chi connectivity index (χ3n) is 1.82. The van der Waals surface area contributed by atoms with Crippen LogP contribution in [-0.2, 0) is 11.0 Å². The summed E-state index contributed by atoms with van der Waals surface area (Å²) in [5.41, 5.74) is -1.50. The molecule has 0 aliphatic carbocycles. The molecule has 0 spiro atoms. The van der Waals surface area contributed by atoms with Crippen LogP contribution in [0.5, 0.6) is 0 Å². The summed E-state index contributed by atoms with van der Waals surface area (Å²) in [4.78, 5) is 9.13. The fraction of sp³-hybridized carbons (Fsp3) is 0.222. The molecule has 1 unspecified atom stereocenters. The lowest BCUT2D eigenvalue weighted by molar-refractivity contribution is -0.137. The maximum absolute atomic E-state index is 13.2. The SMILES string of the molecule is O=C(O)C(Br)c1ccc(C(F)(F)F)cc1F. The summed E-state index contributed by atoms with van der Waals surface area (Å²) >= 11 is 2.66. The van der Waals surface area contributed by atoms with Gasteiger partial charge in [-0.05, 0) is 12.1 Å². The summed E-state index contributed by atoms with van der Waals surface area (Å²) in [5.74, 6) is -2.59. The quantitative estimate of drug-likeness (QED) is 0.672. The summed E-state index contributed by atoms with van der Waals surface area (Å²) < 4.78 is 49.7. The van der Waals surface area contributed by atoms with Gasteiger partial charge in [-0.2, -0.15) is 13.2 Å². The van der Waals surface area contributed by atoms with Crippen LogP contribution in [0.4, 0.5) is 17.6 Å².